The molecule has 1 aromatic carbocycles. The molecule has 1 aromatic rings. The number of hydrogen-bond acceptors (Lipinski definition) is 4. The van der Waals surface area contributed by atoms with E-state index in [1.54, 1.807) is 11.8 Å². The minimum absolute atomic E-state index is 0.201. The summed E-state index contributed by atoms with van der Waals surface area (Å²) in [6.07, 6.45) is 8.44. The maximum atomic E-state index is 10.5. The van der Waals surface area contributed by atoms with Gasteiger partial charge in [-0.3, -0.25) is 9.59 Å². The van der Waals surface area contributed by atoms with Gasteiger partial charge in [0.2, 0.25) is 0 Å². The fourth-order valence-corrected chi connectivity index (χ4v) is 3.49. The second-order valence-corrected chi connectivity index (χ2v) is 7.40. The van der Waals surface area contributed by atoms with Crippen LogP contribution < -0.4 is 4.74 Å². The average molecular weight is 383 g/mol. The van der Waals surface area contributed by atoms with Gasteiger partial charge in [0.25, 0.3) is 0 Å². The highest BCUT2D eigenvalue weighted by molar-refractivity contribution is 7.99. The molecule has 0 amide bonds. The molecule has 0 heterocycles. The van der Waals surface area contributed by atoms with Gasteiger partial charge in [0.05, 0.1) is 6.61 Å². The molecular formula is C20H30O5S. The van der Waals surface area contributed by atoms with Gasteiger partial charge in [-0.15, -0.1) is 11.8 Å². The molecule has 0 aromatic heterocycles. The molecule has 1 rings (SSSR count). The number of ether oxygens (including phenoxy) is 1. The van der Waals surface area contributed by atoms with E-state index in [1.165, 1.54) is 0 Å². The van der Waals surface area contributed by atoms with Crippen molar-refractivity contribution in [2.75, 3.05) is 12.4 Å². The summed E-state index contributed by atoms with van der Waals surface area (Å²) in [6.45, 7) is 0.686. The zero-order chi connectivity index (χ0) is 19.0. The fourth-order valence-electron chi connectivity index (χ4n) is 2.54. The first kappa shape index (κ1) is 22.4. The number of aliphatic carboxylic acids is 2. The summed E-state index contributed by atoms with van der Waals surface area (Å²) in [5, 5.41) is 17.2. The molecule has 26 heavy (non-hydrogen) atoms. The Balaban J connectivity index is 2.09. The fraction of sp³-hybridized carbons (Fsp3) is 0.600. The molecule has 5 nitrogen and oxygen atoms in total. The third-order valence-electron chi connectivity index (χ3n) is 3.93. The number of carboxylic acid groups (broad SMARTS) is 2. The average Bonchev–Trinajstić information content (AvgIpc) is 2.61. The molecule has 0 saturated carbocycles. The molecule has 0 aliphatic rings. The van der Waals surface area contributed by atoms with Gasteiger partial charge in [0, 0.05) is 17.7 Å². The molecule has 2 N–H and O–H groups in total. The minimum atomic E-state index is -0.753. The molecule has 6 heteroatoms. The summed E-state index contributed by atoms with van der Waals surface area (Å²) >= 11 is 1.64. The Morgan fingerprint density at radius 3 is 2.08 bits per heavy atom. The Bertz CT molecular complexity index is 533. The van der Waals surface area contributed by atoms with E-state index in [9.17, 15) is 9.59 Å². The van der Waals surface area contributed by atoms with E-state index in [-0.39, 0.29) is 12.8 Å². The van der Waals surface area contributed by atoms with Crippen molar-refractivity contribution in [3.63, 3.8) is 0 Å². The van der Waals surface area contributed by atoms with Crippen LogP contribution in [0.1, 0.15) is 64.2 Å². The molecule has 0 unspecified atom stereocenters. The van der Waals surface area contributed by atoms with E-state index in [2.05, 4.69) is 0 Å². The molecule has 0 radical (unpaired) electrons. The van der Waals surface area contributed by atoms with Crippen LogP contribution in [0.25, 0.3) is 0 Å². The zero-order valence-electron chi connectivity index (χ0n) is 15.3. The molecule has 0 spiro atoms. The van der Waals surface area contributed by atoms with Crippen molar-refractivity contribution in [3.8, 4) is 5.75 Å². The van der Waals surface area contributed by atoms with E-state index in [4.69, 9.17) is 14.9 Å². The molecule has 0 bridgehead atoms. The van der Waals surface area contributed by atoms with Crippen LogP contribution >= 0.6 is 11.8 Å². The number of thioether (sulfide) groups is 1. The van der Waals surface area contributed by atoms with E-state index in [0.717, 1.165) is 61.3 Å². The standard InChI is InChI=1S/C20H30O5S/c21-19(22)13-6-4-2-1-3-5-9-15-25-17-11-7-8-12-18(17)26-16-10-14-20(23)24/h7-8,11-12H,1-6,9-10,13-16H2,(H,21,22)(H,23,24). The number of carboxylic acids is 2. The van der Waals surface area contributed by atoms with Crippen molar-refractivity contribution in [2.45, 2.75) is 69.1 Å². The highest BCUT2D eigenvalue weighted by atomic mass is 32.2. The van der Waals surface area contributed by atoms with Crippen LogP contribution in [0.2, 0.25) is 0 Å². The lowest BCUT2D eigenvalue weighted by Gasteiger charge is -2.11. The summed E-state index contributed by atoms with van der Waals surface area (Å²) in [6, 6.07) is 7.89. The third-order valence-corrected chi connectivity index (χ3v) is 5.08. The van der Waals surface area contributed by atoms with Crippen molar-refractivity contribution in [1.82, 2.24) is 0 Å². The number of hydrogen-bond donors (Lipinski definition) is 2. The predicted octanol–water partition coefficient (Wildman–Crippen LogP) is 5.23. The Labute approximate surface area is 160 Å². The van der Waals surface area contributed by atoms with Gasteiger partial charge in [0.1, 0.15) is 5.75 Å². The molecule has 0 aliphatic heterocycles. The van der Waals surface area contributed by atoms with Crippen molar-refractivity contribution >= 4 is 23.7 Å². The normalized spacial score (nSPS) is 10.6. The Morgan fingerprint density at radius 1 is 0.808 bits per heavy atom. The summed E-state index contributed by atoms with van der Waals surface area (Å²) in [7, 11) is 0. The van der Waals surface area contributed by atoms with Crippen molar-refractivity contribution in [3.05, 3.63) is 24.3 Å². The number of benzene rings is 1. The zero-order valence-corrected chi connectivity index (χ0v) is 16.1. The first-order valence-corrected chi connectivity index (χ1v) is 10.4. The van der Waals surface area contributed by atoms with Crippen molar-refractivity contribution in [2.24, 2.45) is 0 Å². The smallest absolute Gasteiger partial charge is 0.303 e. The van der Waals surface area contributed by atoms with Gasteiger partial charge < -0.3 is 14.9 Å². The van der Waals surface area contributed by atoms with Crippen LogP contribution in [-0.4, -0.2) is 34.5 Å². The molecule has 0 atom stereocenters. The second kappa shape index (κ2) is 14.5. The molecule has 146 valence electrons. The second-order valence-electron chi connectivity index (χ2n) is 6.26. The highest BCUT2D eigenvalue weighted by Gasteiger charge is 2.05. The third kappa shape index (κ3) is 11.8. The van der Waals surface area contributed by atoms with Crippen LogP contribution in [0, 0.1) is 0 Å². The van der Waals surface area contributed by atoms with Crippen LogP contribution in [0.15, 0.2) is 29.2 Å². The topological polar surface area (TPSA) is 83.8 Å². The van der Waals surface area contributed by atoms with Gasteiger partial charge in [-0.05, 0) is 37.1 Å². The Kier molecular flexibility index (Phi) is 12.4. The number of carbonyl (C=O) groups is 2. The largest absolute Gasteiger partial charge is 0.492 e. The highest BCUT2D eigenvalue weighted by Crippen LogP contribution is 2.29. The van der Waals surface area contributed by atoms with E-state index in [0.29, 0.717) is 13.0 Å². The molecule has 0 aliphatic carbocycles. The van der Waals surface area contributed by atoms with Gasteiger partial charge in [-0.1, -0.05) is 44.2 Å². The summed E-state index contributed by atoms with van der Waals surface area (Å²) < 4.78 is 5.88. The van der Waals surface area contributed by atoms with Gasteiger partial charge in [-0.25, -0.2) is 0 Å². The quantitative estimate of drug-likeness (QED) is 0.301. The van der Waals surface area contributed by atoms with Crippen LogP contribution in [-0.2, 0) is 9.59 Å². The maximum absolute atomic E-state index is 10.5. The minimum Gasteiger partial charge on any atom is -0.492 e. The van der Waals surface area contributed by atoms with E-state index >= 15 is 0 Å². The predicted molar refractivity (Wildman–Crippen MR) is 104 cm³/mol. The van der Waals surface area contributed by atoms with E-state index in [1.807, 2.05) is 24.3 Å². The number of unbranched alkanes of at least 4 members (excludes halogenated alkanes) is 6. The van der Waals surface area contributed by atoms with Crippen LogP contribution in [0.3, 0.4) is 0 Å². The molecular weight excluding hydrogens is 352 g/mol. The van der Waals surface area contributed by atoms with Crippen molar-refractivity contribution < 1.29 is 24.5 Å². The summed E-state index contributed by atoms with van der Waals surface area (Å²) in [4.78, 5) is 22.0. The van der Waals surface area contributed by atoms with Gasteiger partial charge >= 0.3 is 11.9 Å². The Hall–Kier alpha value is -1.69. The van der Waals surface area contributed by atoms with Crippen LogP contribution in [0.4, 0.5) is 0 Å². The van der Waals surface area contributed by atoms with Gasteiger partial charge in [0.15, 0.2) is 0 Å². The van der Waals surface area contributed by atoms with Crippen molar-refractivity contribution in [1.29, 1.82) is 0 Å². The first-order valence-electron chi connectivity index (χ1n) is 9.38. The maximum Gasteiger partial charge on any atom is 0.303 e. The van der Waals surface area contributed by atoms with Crippen LogP contribution in [0.5, 0.6) is 5.75 Å². The molecule has 0 saturated heterocycles. The lowest BCUT2D eigenvalue weighted by Crippen LogP contribution is -1.99. The number of para-hydroxylation sites is 1. The molecule has 0 fully saturated rings. The monoisotopic (exact) mass is 382 g/mol. The number of rotatable bonds is 16. The lowest BCUT2D eigenvalue weighted by molar-refractivity contribution is -0.138. The summed E-state index contributed by atoms with van der Waals surface area (Å²) in [5.74, 6) is 0.190. The lowest BCUT2D eigenvalue weighted by atomic mass is 10.1. The summed E-state index contributed by atoms with van der Waals surface area (Å²) in [5.41, 5.74) is 0. The first-order chi connectivity index (χ1) is 12.6. The van der Waals surface area contributed by atoms with E-state index < -0.39 is 11.9 Å². The SMILES string of the molecule is O=C(O)CCCCCCCCCOc1ccccc1SCCCC(=O)O. The van der Waals surface area contributed by atoms with Gasteiger partial charge in [-0.2, -0.15) is 0 Å². The Morgan fingerprint density at radius 2 is 1.38 bits per heavy atom.